The first-order valence-corrected chi connectivity index (χ1v) is 14.1. The number of carbonyl (C=O) groups excluding carboxylic acids is 2. The van der Waals surface area contributed by atoms with Gasteiger partial charge in [0.05, 0.1) is 31.3 Å². The highest BCUT2D eigenvalue weighted by Gasteiger charge is 2.51. The zero-order chi connectivity index (χ0) is 32.1. The minimum atomic E-state index is -1.53. The average molecular weight is 622 g/mol. The van der Waals surface area contributed by atoms with Gasteiger partial charge in [-0.05, 0) is 32.9 Å². The second-order valence-electron chi connectivity index (χ2n) is 11.4. The van der Waals surface area contributed by atoms with Crippen LogP contribution in [-0.4, -0.2) is 150 Å². The number of aliphatic hydroxyl groups excluding tert-OH is 4. The summed E-state index contributed by atoms with van der Waals surface area (Å²) in [7, 11) is 1.55. The van der Waals surface area contributed by atoms with Crippen molar-refractivity contribution in [2.24, 2.45) is 22.9 Å². The van der Waals surface area contributed by atoms with Gasteiger partial charge in [-0.2, -0.15) is 0 Å². The molecule has 3 aliphatic rings. The summed E-state index contributed by atoms with van der Waals surface area (Å²) in [6.45, 7) is 0.929. The lowest BCUT2D eigenvalue weighted by molar-refractivity contribution is -0.304. The zero-order valence-corrected chi connectivity index (χ0v) is 24.2. The van der Waals surface area contributed by atoms with Crippen LogP contribution in [0.1, 0.15) is 19.8 Å². The summed E-state index contributed by atoms with van der Waals surface area (Å²) in [6, 6.07) is -3.36. The predicted molar refractivity (Wildman–Crippen MR) is 148 cm³/mol. The van der Waals surface area contributed by atoms with E-state index in [0.717, 1.165) is 0 Å². The number of nitrogens with one attached hydrogen (secondary N) is 3. The maximum Gasteiger partial charge on any atom is 0.250 e. The predicted octanol–water partition coefficient (Wildman–Crippen LogP) is -6.90. The van der Waals surface area contributed by atoms with Crippen LogP contribution in [0.15, 0.2) is 11.8 Å². The summed E-state index contributed by atoms with van der Waals surface area (Å²) in [5.74, 6) is -1.29. The molecule has 0 radical (unpaired) electrons. The lowest BCUT2D eigenvalue weighted by Crippen LogP contribution is -2.69. The number of hydrogen-bond acceptors (Lipinski definition) is 16. The number of likely N-dealkylation sites (N-methyl/N-ethyl adjacent to an activating group) is 1. The van der Waals surface area contributed by atoms with Crippen LogP contribution in [0.2, 0.25) is 0 Å². The molecule has 3 rings (SSSR count). The molecule has 1 saturated heterocycles. The van der Waals surface area contributed by atoms with Gasteiger partial charge >= 0.3 is 0 Å². The Bertz CT molecular complexity index is 976. The fraction of sp³-hybridized carbons (Fsp3) is 0.840. The summed E-state index contributed by atoms with van der Waals surface area (Å²) in [5, 5.41) is 60.8. The molecule has 1 aliphatic carbocycles. The van der Waals surface area contributed by atoms with Gasteiger partial charge in [0.1, 0.15) is 48.0 Å². The van der Waals surface area contributed by atoms with E-state index in [9.17, 15) is 35.1 Å². The Balaban J connectivity index is 1.75. The molecule has 0 spiro atoms. The second-order valence-corrected chi connectivity index (χ2v) is 11.4. The van der Waals surface area contributed by atoms with Crippen LogP contribution in [-0.2, 0) is 28.5 Å². The van der Waals surface area contributed by atoms with Crippen molar-refractivity contribution in [3.63, 3.8) is 0 Å². The van der Waals surface area contributed by atoms with Crippen molar-refractivity contribution in [3.8, 4) is 0 Å². The van der Waals surface area contributed by atoms with E-state index in [1.165, 1.54) is 6.92 Å². The molecule has 16 N–H and O–H groups in total. The molecule has 18 nitrogen and oxygen atoms in total. The Labute approximate surface area is 249 Å². The third kappa shape index (κ3) is 8.78. The van der Waals surface area contributed by atoms with E-state index in [0.29, 0.717) is 12.2 Å². The standard InChI is InChI=1S/C25H47N7O11/c1-25(39)9-40-24(17(36)20(25)30-2)43-19-13(32-22(38)14(33)6-26)5-12(28)18(16(19)35)42-23-11(27)4-3-10(41-23)7-31-8-15(34)21(29)37/h3,11-20,23-24,30-31,33-36,39H,4-9,26-28H2,1-2H3,(H2,29,37)(H,32,38)/t11-,12+,13-,14+,15?,16+,17-,18-,19+,20-,23-,24-,25+/m1/s1. The van der Waals surface area contributed by atoms with E-state index in [1.807, 2.05) is 0 Å². The molecular formula is C25H47N7O11. The maximum absolute atomic E-state index is 12.5. The summed E-state index contributed by atoms with van der Waals surface area (Å²) in [4.78, 5) is 23.6. The van der Waals surface area contributed by atoms with Gasteiger partial charge in [-0.25, -0.2) is 0 Å². The molecule has 2 amide bonds. The summed E-state index contributed by atoms with van der Waals surface area (Å²) in [6.07, 6.45) is -8.59. The van der Waals surface area contributed by atoms with Gasteiger partial charge in [-0.15, -0.1) is 0 Å². The number of carbonyl (C=O) groups is 2. The second kappa shape index (κ2) is 15.3. The highest BCUT2D eigenvalue weighted by Crippen LogP contribution is 2.32. The minimum absolute atomic E-state index is 0.00261. The Morgan fingerprint density at radius 1 is 1.12 bits per heavy atom. The van der Waals surface area contributed by atoms with Crippen molar-refractivity contribution in [2.45, 2.75) is 98.7 Å². The number of ether oxygens (including phenoxy) is 4. The largest absolute Gasteiger partial charge is 0.467 e. The number of rotatable bonds is 13. The highest BCUT2D eigenvalue weighted by atomic mass is 16.7. The average Bonchev–Trinajstić information content (AvgIpc) is 2.94. The number of primary amides is 1. The topological polar surface area (TPSA) is 312 Å². The summed E-state index contributed by atoms with van der Waals surface area (Å²) >= 11 is 0. The number of amides is 2. The van der Waals surface area contributed by atoms with Gasteiger partial charge in [0.25, 0.3) is 0 Å². The molecule has 2 heterocycles. The molecule has 13 atom stereocenters. The Hall–Kier alpha value is -2.04. The fourth-order valence-corrected chi connectivity index (χ4v) is 5.34. The smallest absolute Gasteiger partial charge is 0.250 e. The summed E-state index contributed by atoms with van der Waals surface area (Å²) in [5.41, 5.74) is 21.6. The van der Waals surface area contributed by atoms with Crippen molar-refractivity contribution < 1.29 is 54.1 Å². The van der Waals surface area contributed by atoms with Gasteiger partial charge in [0, 0.05) is 19.1 Å². The molecule has 0 aromatic rings. The van der Waals surface area contributed by atoms with E-state index < -0.39 is 90.8 Å². The third-order valence-electron chi connectivity index (χ3n) is 7.80. The van der Waals surface area contributed by atoms with Crippen LogP contribution in [0, 0.1) is 0 Å². The first kappa shape index (κ1) is 35.4. The van der Waals surface area contributed by atoms with Crippen LogP contribution < -0.4 is 38.9 Å². The van der Waals surface area contributed by atoms with Crippen LogP contribution in [0.3, 0.4) is 0 Å². The van der Waals surface area contributed by atoms with Gasteiger partial charge in [0.15, 0.2) is 6.29 Å². The molecule has 0 aromatic heterocycles. The van der Waals surface area contributed by atoms with Gasteiger partial charge in [-0.1, -0.05) is 0 Å². The molecule has 18 heteroatoms. The van der Waals surface area contributed by atoms with Gasteiger partial charge < -0.3 is 83.4 Å². The van der Waals surface area contributed by atoms with E-state index in [2.05, 4.69) is 16.0 Å². The minimum Gasteiger partial charge on any atom is -0.467 e. The van der Waals surface area contributed by atoms with Crippen molar-refractivity contribution in [1.82, 2.24) is 16.0 Å². The molecular weight excluding hydrogens is 574 g/mol. The molecule has 2 fully saturated rings. The van der Waals surface area contributed by atoms with Crippen molar-refractivity contribution in [2.75, 3.05) is 33.3 Å². The lowest BCUT2D eigenvalue weighted by Gasteiger charge is -2.48. The van der Waals surface area contributed by atoms with E-state index in [-0.39, 0.29) is 32.7 Å². The van der Waals surface area contributed by atoms with Crippen molar-refractivity contribution in [1.29, 1.82) is 0 Å². The quantitative estimate of drug-likeness (QED) is 0.0909. The Morgan fingerprint density at radius 2 is 1.79 bits per heavy atom. The Morgan fingerprint density at radius 3 is 2.42 bits per heavy atom. The van der Waals surface area contributed by atoms with E-state index >= 15 is 0 Å². The van der Waals surface area contributed by atoms with Crippen molar-refractivity contribution >= 4 is 11.8 Å². The maximum atomic E-state index is 12.5. The fourth-order valence-electron chi connectivity index (χ4n) is 5.34. The van der Waals surface area contributed by atoms with Crippen LogP contribution in [0.4, 0.5) is 0 Å². The lowest BCUT2D eigenvalue weighted by atomic mass is 9.83. The number of aliphatic hydroxyl groups is 5. The third-order valence-corrected chi connectivity index (χ3v) is 7.80. The van der Waals surface area contributed by atoms with E-state index in [4.69, 9.17) is 41.9 Å². The molecule has 43 heavy (non-hydrogen) atoms. The van der Waals surface area contributed by atoms with Crippen LogP contribution in [0.25, 0.3) is 0 Å². The Kier molecular flexibility index (Phi) is 12.6. The van der Waals surface area contributed by atoms with E-state index in [1.54, 1.807) is 13.1 Å². The molecule has 248 valence electrons. The molecule has 0 bridgehead atoms. The first-order valence-electron chi connectivity index (χ1n) is 14.1. The van der Waals surface area contributed by atoms with Gasteiger partial charge in [-0.3, -0.25) is 9.59 Å². The molecule has 1 unspecified atom stereocenters. The number of nitrogens with two attached hydrogens (primary N) is 4. The van der Waals surface area contributed by atoms with Crippen molar-refractivity contribution in [3.05, 3.63) is 11.8 Å². The normalized spacial score (nSPS) is 39.7. The monoisotopic (exact) mass is 621 g/mol. The molecule has 0 aromatic carbocycles. The van der Waals surface area contributed by atoms with Gasteiger partial charge in [0.2, 0.25) is 18.1 Å². The summed E-state index contributed by atoms with van der Waals surface area (Å²) < 4.78 is 23.6. The molecule has 1 saturated carbocycles. The SMILES string of the molecule is CN[C@@H]1[C@@H](O)[C@@H](O[C@@H]2[C@@H](O)[C@H](O[C@H]3OC(CNCC(O)C(N)=O)=CC[C@H]3N)[C@@H](N)C[C@H]2NC(=O)[C@@H](O)CN)OC[C@]1(C)O. The number of hydrogen-bond donors (Lipinski definition) is 12. The zero-order valence-electron chi connectivity index (χ0n) is 24.2. The molecule has 2 aliphatic heterocycles. The highest BCUT2D eigenvalue weighted by molar-refractivity contribution is 5.81. The van der Waals surface area contributed by atoms with Crippen LogP contribution in [0.5, 0.6) is 0 Å². The van der Waals surface area contributed by atoms with Crippen LogP contribution >= 0.6 is 0 Å². The first-order chi connectivity index (χ1) is 20.2.